The third-order valence-electron chi connectivity index (χ3n) is 3.22. The molecule has 0 aromatic rings. The Hall–Kier alpha value is -0.770. The average molecular weight is 261 g/mol. The van der Waals surface area contributed by atoms with Gasteiger partial charge in [-0.2, -0.15) is 0 Å². The molecular weight excluding hydrogens is 240 g/mol. The van der Waals surface area contributed by atoms with Crippen molar-refractivity contribution in [2.75, 3.05) is 25.5 Å². The highest BCUT2D eigenvalue weighted by Crippen LogP contribution is 2.18. The highest BCUT2D eigenvalue weighted by Gasteiger charge is 2.25. The van der Waals surface area contributed by atoms with Crippen LogP contribution >= 0.6 is 11.6 Å². The van der Waals surface area contributed by atoms with Gasteiger partial charge in [0.1, 0.15) is 0 Å². The molecule has 0 bridgehead atoms. The number of likely N-dealkylation sites (tertiary alicyclic amines) is 1. The summed E-state index contributed by atoms with van der Waals surface area (Å²) in [5, 5.41) is 2.83. The van der Waals surface area contributed by atoms with Crippen molar-refractivity contribution < 1.29 is 9.59 Å². The first-order chi connectivity index (χ1) is 8.04. The first-order valence-electron chi connectivity index (χ1n) is 6.13. The Labute approximate surface area is 108 Å². The molecule has 1 saturated heterocycles. The molecule has 5 heteroatoms. The molecule has 1 N–H and O–H groups in total. The van der Waals surface area contributed by atoms with Crippen LogP contribution in [0.5, 0.6) is 0 Å². The molecule has 1 aliphatic rings. The van der Waals surface area contributed by atoms with Crippen molar-refractivity contribution in [1.82, 2.24) is 10.2 Å². The standard InChI is InChI=1S/C12H21ClN2O2/c1-9(7-13)12(17)15-5-3-11(4-6-15)8-14-10(2)16/h9,11H,3-8H2,1-2H3,(H,14,16). The lowest BCUT2D eigenvalue weighted by atomic mass is 9.96. The van der Waals surface area contributed by atoms with Gasteiger partial charge < -0.3 is 10.2 Å². The van der Waals surface area contributed by atoms with Crippen LogP contribution in [0.3, 0.4) is 0 Å². The Morgan fingerprint density at radius 2 is 2.00 bits per heavy atom. The largest absolute Gasteiger partial charge is 0.356 e. The van der Waals surface area contributed by atoms with E-state index in [1.54, 1.807) is 0 Å². The van der Waals surface area contributed by atoms with Crippen molar-refractivity contribution in [2.45, 2.75) is 26.7 Å². The van der Waals surface area contributed by atoms with E-state index in [-0.39, 0.29) is 17.7 Å². The fourth-order valence-electron chi connectivity index (χ4n) is 2.02. The predicted molar refractivity (Wildman–Crippen MR) is 67.9 cm³/mol. The van der Waals surface area contributed by atoms with Gasteiger partial charge in [0.2, 0.25) is 11.8 Å². The molecule has 17 heavy (non-hydrogen) atoms. The molecule has 0 spiro atoms. The zero-order chi connectivity index (χ0) is 12.8. The predicted octanol–water partition coefficient (Wildman–Crippen LogP) is 1.24. The van der Waals surface area contributed by atoms with Gasteiger partial charge in [0.05, 0.1) is 0 Å². The quantitative estimate of drug-likeness (QED) is 0.773. The molecule has 1 fully saturated rings. The van der Waals surface area contributed by atoms with E-state index in [1.165, 1.54) is 6.92 Å². The van der Waals surface area contributed by atoms with E-state index in [1.807, 2.05) is 11.8 Å². The molecule has 0 aromatic heterocycles. The summed E-state index contributed by atoms with van der Waals surface area (Å²) in [6.07, 6.45) is 1.92. The number of nitrogens with one attached hydrogen (secondary N) is 1. The van der Waals surface area contributed by atoms with Crippen molar-refractivity contribution in [1.29, 1.82) is 0 Å². The van der Waals surface area contributed by atoms with Crippen molar-refractivity contribution in [3.63, 3.8) is 0 Å². The van der Waals surface area contributed by atoms with Crippen LogP contribution in [0.1, 0.15) is 26.7 Å². The van der Waals surface area contributed by atoms with E-state index in [2.05, 4.69) is 5.32 Å². The van der Waals surface area contributed by atoms with Gasteiger partial charge in [-0.3, -0.25) is 9.59 Å². The molecule has 1 rings (SSSR count). The summed E-state index contributed by atoms with van der Waals surface area (Å²) in [4.78, 5) is 24.6. The van der Waals surface area contributed by atoms with Crippen molar-refractivity contribution in [3.8, 4) is 0 Å². The average Bonchev–Trinajstić information content (AvgIpc) is 2.35. The summed E-state index contributed by atoms with van der Waals surface area (Å²) >= 11 is 5.68. The number of nitrogens with zero attached hydrogens (tertiary/aromatic N) is 1. The van der Waals surface area contributed by atoms with Crippen LogP contribution < -0.4 is 5.32 Å². The van der Waals surface area contributed by atoms with Crippen molar-refractivity contribution >= 4 is 23.4 Å². The second kappa shape index (κ2) is 6.84. The Balaban J connectivity index is 2.30. The molecule has 1 unspecified atom stereocenters. The summed E-state index contributed by atoms with van der Waals surface area (Å²) < 4.78 is 0. The first kappa shape index (κ1) is 14.3. The molecule has 0 saturated carbocycles. The van der Waals surface area contributed by atoms with E-state index in [0.29, 0.717) is 11.8 Å². The van der Waals surface area contributed by atoms with Crippen LogP contribution in [0.25, 0.3) is 0 Å². The number of carbonyl (C=O) groups excluding carboxylic acids is 2. The third kappa shape index (κ3) is 4.54. The van der Waals surface area contributed by atoms with Crippen molar-refractivity contribution in [2.24, 2.45) is 11.8 Å². The lowest BCUT2D eigenvalue weighted by molar-refractivity contribution is -0.135. The minimum atomic E-state index is -0.0939. The number of hydrogen-bond acceptors (Lipinski definition) is 2. The van der Waals surface area contributed by atoms with Crippen LogP contribution in [0, 0.1) is 11.8 Å². The Bertz CT molecular complexity index is 276. The smallest absolute Gasteiger partial charge is 0.226 e. The first-order valence-corrected chi connectivity index (χ1v) is 6.67. The Morgan fingerprint density at radius 3 is 2.47 bits per heavy atom. The summed E-state index contributed by atoms with van der Waals surface area (Å²) in [5.74, 6) is 0.944. The zero-order valence-corrected chi connectivity index (χ0v) is 11.3. The van der Waals surface area contributed by atoms with Crippen LogP contribution in [0.4, 0.5) is 0 Å². The maximum absolute atomic E-state index is 11.9. The normalized spacial score (nSPS) is 18.9. The monoisotopic (exact) mass is 260 g/mol. The molecule has 0 aliphatic carbocycles. The second-order valence-electron chi connectivity index (χ2n) is 4.76. The summed E-state index contributed by atoms with van der Waals surface area (Å²) in [5.41, 5.74) is 0. The van der Waals surface area contributed by atoms with E-state index in [4.69, 9.17) is 11.6 Å². The highest BCUT2D eigenvalue weighted by atomic mass is 35.5. The van der Waals surface area contributed by atoms with E-state index in [9.17, 15) is 9.59 Å². The molecule has 1 heterocycles. The molecule has 1 aliphatic heterocycles. The van der Waals surface area contributed by atoms with Gasteiger partial charge in [-0.15, -0.1) is 11.6 Å². The van der Waals surface area contributed by atoms with Gasteiger partial charge in [0, 0.05) is 38.4 Å². The lowest BCUT2D eigenvalue weighted by Gasteiger charge is -2.33. The van der Waals surface area contributed by atoms with Gasteiger partial charge in [-0.25, -0.2) is 0 Å². The zero-order valence-electron chi connectivity index (χ0n) is 10.5. The minimum Gasteiger partial charge on any atom is -0.356 e. The van der Waals surface area contributed by atoms with Crippen molar-refractivity contribution in [3.05, 3.63) is 0 Å². The number of amides is 2. The number of halogens is 1. The summed E-state index contributed by atoms with van der Waals surface area (Å²) in [6, 6.07) is 0. The van der Waals surface area contributed by atoms with E-state index >= 15 is 0 Å². The maximum Gasteiger partial charge on any atom is 0.226 e. The van der Waals surface area contributed by atoms with Crippen LogP contribution in [-0.4, -0.2) is 42.2 Å². The number of hydrogen-bond donors (Lipinski definition) is 1. The molecule has 0 aromatic carbocycles. The Kier molecular flexibility index (Phi) is 5.75. The highest BCUT2D eigenvalue weighted by molar-refractivity contribution is 6.19. The van der Waals surface area contributed by atoms with E-state index < -0.39 is 0 Å². The third-order valence-corrected chi connectivity index (χ3v) is 3.68. The van der Waals surface area contributed by atoms with Crippen LogP contribution in [-0.2, 0) is 9.59 Å². The minimum absolute atomic E-state index is 0.0132. The molecule has 1 atom stereocenters. The van der Waals surface area contributed by atoms with Gasteiger partial charge >= 0.3 is 0 Å². The fourth-order valence-corrected chi connectivity index (χ4v) is 2.16. The number of rotatable bonds is 4. The molecule has 4 nitrogen and oxygen atoms in total. The molecule has 0 radical (unpaired) electrons. The van der Waals surface area contributed by atoms with E-state index in [0.717, 1.165) is 32.5 Å². The second-order valence-corrected chi connectivity index (χ2v) is 5.07. The summed E-state index contributed by atoms with van der Waals surface area (Å²) in [7, 11) is 0. The van der Waals surface area contributed by atoms with Crippen LogP contribution in [0.15, 0.2) is 0 Å². The SMILES string of the molecule is CC(=O)NCC1CCN(C(=O)C(C)CCl)CC1. The number of alkyl halides is 1. The molecule has 98 valence electrons. The molecular formula is C12H21ClN2O2. The van der Waals surface area contributed by atoms with Gasteiger partial charge in [0.15, 0.2) is 0 Å². The van der Waals surface area contributed by atoms with Gasteiger partial charge in [-0.05, 0) is 18.8 Å². The maximum atomic E-state index is 11.9. The number of piperidine rings is 1. The van der Waals surface area contributed by atoms with Crippen LogP contribution in [0.2, 0.25) is 0 Å². The Morgan fingerprint density at radius 1 is 1.41 bits per heavy atom. The molecule has 2 amide bonds. The number of carbonyl (C=O) groups is 2. The topological polar surface area (TPSA) is 49.4 Å². The fraction of sp³-hybridized carbons (Fsp3) is 0.833. The lowest BCUT2D eigenvalue weighted by Crippen LogP contribution is -2.43. The van der Waals surface area contributed by atoms with Gasteiger partial charge in [-0.1, -0.05) is 6.92 Å². The summed E-state index contributed by atoms with van der Waals surface area (Å²) in [6.45, 7) is 5.68. The van der Waals surface area contributed by atoms with Gasteiger partial charge in [0.25, 0.3) is 0 Å².